The van der Waals surface area contributed by atoms with E-state index < -0.39 is 0 Å². The summed E-state index contributed by atoms with van der Waals surface area (Å²) >= 11 is 6.11. The average molecular weight is 421 g/mol. The number of hydrogen-bond acceptors (Lipinski definition) is 3. The summed E-state index contributed by atoms with van der Waals surface area (Å²) in [6.45, 7) is 2.98. The maximum Gasteiger partial charge on any atom is 0.248 e. The zero-order valence-electron chi connectivity index (χ0n) is 16.8. The molecule has 0 spiro atoms. The Morgan fingerprint density at radius 2 is 1.43 bits per heavy atom. The summed E-state index contributed by atoms with van der Waals surface area (Å²) in [5, 5.41) is 0.729. The molecule has 3 aromatic rings. The number of benzene rings is 3. The lowest BCUT2D eigenvalue weighted by Crippen LogP contribution is -2.49. The monoisotopic (exact) mass is 420 g/mol. The molecule has 1 aliphatic heterocycles. The normalized spacial score (nSPS) is 14.2. The number of hydrogen-bond donors (Lipinski definition) is 0. The summed E-state index contributed by atoms with van der Waals surface area (Å²) in [6, 6.07) is 27.9. The van der Waals surface area contributed by atoms with Gasteiger partial charge in [0.1, 0.15) is 12.7 Å². The lowest BCUT2D eigenvalue weighted by Gasteiger charge is -2.36. The van der Waals surface area contributed by atoms with E-state index in [1.165, 1.54) is 0 Å². The average Bonchev–Trinajstić information content (AvgIpc) is 2.81. The Morgan fingerprint density at radius 1 is 0.833 bits per heavy atom. The predicted octanol–water partition coefficient (Wildman–Crippen LogP) is 4.79. The van der Waals surface area contributed by atoms with Gasteiger partial charge in [0.2, 0.25) is 5.91 Å². The van der Waals surface area contributed by atoms with Gasteiger partial charge in [0.25, 0.3) is 0 Å². The number of rotatable bonds is 6. The van der Waals surface area contributed by atoms with Crippen molar-refractivity contribution in [1.82, 2.24) is 4.90 Å². The van der Waals surface area contributed by atoms with Crippen molar-refractivity contribution in [2.45, 2.75) is 6.10 Å². The van der Waals surface area contributed by atoms with E-state index in [1.807, 2.05) is 83.8 Å². The van der Waals surface area contributed by atoms with Gasteiger partial charge in [-0.25, -0.2) is 0 Å². The van der Waals surface area contributed by atoms with E-state index in [-0.39, 0.29) is 18.6 Å². The van der Waals surface area contributed by atoms with Crippen LogP contribution >= 0.6 is 11.6 Å². The van der Waals surface area contributed by atoms with Crippen LogP contribution in [-0.4, -0.2) is 43.6 Å². The Kier molecular flexibility index (Phi) is 6.67. The van der Waals surface area contributed by atoms with Crippen LogP contribution in [0.2, 0.25) is 5.02 Å². The van der Waals surface area contributed by atoms with Crippen molar-refractivity contribution in [3.63, 3.8) is 0 Å². The molecule has 1 fully saturated rings. The summed E-state index contributed by atoms with van der Waals surface area (Å²) in [7, 11) is 0. The van der Waals surface area contributed by atoms with Crippen LogP contribution in [0, 0.1) is 0 Å². The Hall–Kier alpha value is -2.82. The maximum atomic E-state index is 12.8. The molecular weight excluding hydrogens is 396 g/mol. The van der Waals surface area contributed by atoms with Gasteiger partial charge in [-0.3, -0.25) is 4.79 Å². The van der Waals surface area contributed by atoms with Gasteiger partial charge in [-0.15, -0.1) is 0 Å². The summed E-state index contributed by atoms with van der Waals surface area (Å²) < 4.78 is 6.13. The van der Waals surface area contributed by atoms with E-state index in [0.29, 0.717) is 13.1 Å². The molecule has 0 bridgehead atoms. The topological polar surface area (TPSA) is 32.8 Å². The lowest BCUT2D eigenvalue weighted by atomic mass is 10.0. The van der Waals surface area contributed by atoms with E-state index in [0.717, 1.165) is 34.9 Å². The number of halogens is 1. The third kappa shape index (κ3) is 5.02. The highest BCUT2D eigenvalue weighted by molar-refractivity contribution is 6.30. The molecule has 1 heterocycles. The molecule has 0 unspecified atom stereocenters. The lowest BCUT2D eigenvalue weighted by molar-refractivity contribution is -0.137. The summed E-state index contributed by atoms with van der Waals surface area (Å²) in [4.78, 5) is 17.0. The molecule has 4 rings (SSSR count). The standard InChI is InChI=1S/C25H25ClN2O2/c26-22-12-7-13-23(18-22)27-14-16-28(17-15-27)24(29)19-30-25(20-8-3-1-4-9-20)21-10-5-2-6-11-21/h1-13,18,25H,14-17,19H2. The number of piperazine rings is 1. The molecule has 0 radical (unpaired) electrons. The number of amides is 1. The second-order valence-electron chi connectivity index (χ2n) is 7.36. The van der Waals surface area contributed by atoms with Gasteiger partial charge in [-0.2, -0.15) is 0 Å². The smallest absolute Gasteiger partial charge is 0.248 e. The summed E-state index contributed by atoms with van der Waals surface area (Å²) in [5.74, 6) is 0.0256. The summed E-state index contributed by atoms with van der Waals surface area (Å²) in [6.07, 6.45) is -0.260. The number of ether oxygens (including phenoxy) is 1. The van der Waals surface area contributed by atoms with Crippen molar-refractivity contribution in [2.24, 2.45) is 0 Å². The Labute approximate surface area is 182 Å². The first-order valence-corrected chi connectivity index (χ1v) is 10.6. The SMILES string of the molecule is O=C(COC(c1ccccc1)c1ccccc1)N1CCN(c2cccc(Cl)c2)CC1. The molecule has 5 heteroatoms. The van der Waals surface area contributed by atoms with Crippen molar-refractivity contribution in [3.8, 4) is 0 Å². The van der Waals surface area contributed by atoms with Gasteiger partial charge >= 0.3 is 0 Å². The van der Waals surface area contributed by atoms with Crippen LogP contribution in [0.15, 0.2) is 84.9 Å². The zero-order valence-corrected chi connectivity index (χ0v) is 17.5. The van der Waals surface area contributed by atoms with Crippen LogP contribution in [0.25, 0.3) is 0 Å². The molecular formula is C25H25ClN2O2. The molecule has 0 N–H and O–H groups in total. The highest BCUT2D eigenvalue weighted by atomic mass is 35.5. The number of carbonyl (C=O) groups excluding carboxylic acids is 1. The molecule has 3 aromatic carbocycles. The van der Waals surface area contributed by atoms with Gasteiger partial charge < -0.3 is 14.5 Å². The van der Waals surface area contributed by atoms with Gasteiger partial charge in [0.05, 0.1) is 0 Å². The van der Waals surface area contributed by atoms with Crippen LogP contribution in [-0.2, 0) is 9.53 Å². The van der Waals surface area contributed by atoms with Gasteiger partial charge in [-0.05, 0) is 29.3 Å². The van der Waals surface area contributed by atoms with Gasteiger partial charge in [-0.1, -0.05) is 78.3 Å². The molecule has 154 valence electrons. The first kappa shape index (κ1) is 20.5. The van der Waals surface area contributed by atoms with Crippen LogP contribution < -0.4 is 4.90 Å². The molecule has 1 amide bonds. The quantitative estimate of drug-likeness (QED) is 0.574. The molecule has 0 atom stereocenters. The zero-order chi connectivity index (χ0) is 20.8. The number of nitrogens with zero attached hydrogens (tertiary/aromatic N) is 2. The second-order valence-corrected chi connectivity index (χ2v) is 7.80. The van der Waals surface area contributed by atoms with Crippen molar-refractivity contribution < 1.29 is 9.53 Å². The van der Waals surface area contributed by atoms with Crippen LogP contribution in [0.4, 0.5) is 5.69 Å². The van der Waals surface area contributed by atoms with E-state index in [9.17, 15) is 4.79 Å². The molecule has 30 heavy (non-hydrogen) atoms. The minimum Gasteiger partial charge on any atom is -0.368 e. The van der Waals surface area contributed by atoms with Crippen molar-refractivity contribution in [3.05, 3.63) is 101 Å². The molecule has 1 aliphatic rings. The van der Waals surface area contributed by atoms with E-state index >= 15 is 0 Å². The van der Waals surface area contributed by atoms with Gasteiger partial charge in [0, 0.05) is 36.9 Å². The number of carbonyl (C=O) groups is 1. The van der Waals surface area contributed by atoms with Crippen LogP contribution in [0.1, 0.15) is 17.2 Å². The van der Waals surface area contributed by atoms with E-state index in [4.69, 9.17) is 16.3 Å². The highest BCUT2D eigenvalue weighted by Gasteiger charge is 2.23. The predicted molar refractivity (Wildman–Crippen MR) is 121 cm³/mol. The van der Waals surface area contributed by atoms with Crippen molar-refractivity contribution >= 4 is 23.2 Å². The third-order valence-electron chi connectivity index (χ3n) is 5.38. The molecule has 4 nitrogen and oxygen atoms in total. The molecule has 0 aliphatic carbocycles. The first-order valence-electron chi connectivity index (χ1n) is 10.2. The molecule has 0 saturated carbocycles. The Bertz CT molecular complexity index is 918. The Balaban J connectivity index is 1.36. The minimum absolute atomic E-state index is 0.0256. The van der Waals surface area contributed by atoms with Crippen LogP contribution in [0.3, 0.4) is 0 Å². The summed E-state index contributed by atoms with van der Waals surface area (Å²) in [5.41, 5.74) is 3.18. The van der Waals surface area contributed by atoms with Crippen LogP contribution in [0.5, 0.6) is 0 Å². The Morgan fingerprint density at radius 3 is 2.00 bits per heavy atom. The first-order chi connectivity index (χ1) is 14.7. The highest BCUT2D eigenvalue weighted by Crippen LogP contribution is 2.26. The fourth-order valence-corrected chi connectivity index (χ4v) is 3.96. The minimum atomic E-state index is -0.260. The molecule has 1 saturated heterocycles. The van der Waals surface area contributed by atoms with E-state index in [1.54, 1.807) is 0 Å². The van der Waals surface area contributed by atoms with Crippen molar-refractivity contribution in [2.75, 3.05) is 37.7 Å². The molecule has 0 aromatic heterocycles. The van der Waals surface area contributed by atoms with E-state index in [2.05, 4.69) is 11.0 Å². The fourth-order valence-electron chi connectivity index (χ4n) is 3.77. The number of anilines is 1. The third-order valence-corrected chi connectivity index (χ3v) is 5.62. The fraction of sp³-hybridized carbons (Fsp3) is 0.240. The second kappa shape index (κ2) is 9.79. The largest absolute Gasteiger partial charge is 0.368 e. The maximum absolute atomic E-state index is 12.8. The van der Waals surface area contributed by atoms with Gasteiger partial charge in [0.15, 0.2) is 0 Å². The van der Waals surface area contributed by atoms with Crippen molar-refractivity contribution in [1.29, 1.82) is 0 Å².